The molecular weight excluding hydrogens is 576 g/mol. The molecule has 0 radical (unpaired) electrons. The van der Waals surface area contributed by atoms with E-state index in [0.717, 1.165) is 0 Å². The summed E-state index contributed by atoms with van der Waals surface area (Å²) in [6.07, 6.45) is 1.76. The quantitative estimate of drug-likeness (QED) is 0.143. The minimum Gasteiger partial charge on any atom is -0.462 e. The fourth-order valence-electron chi connectivity index (χ4n) is 4.10. The van der Waals surface area contributed by atoms with Gasteiger partial charge in [0.05, 0.1) is 19.0 Å². The Labute approximate surface area is 241 Å². The number of benzene rings is 1. The highest BCUT2D eigenvalue weighted by Gasteiger charge is 2.58. The predicted molar refractivity (Wildman–Crippen MR) is 153 cm³/mol. The first-order valence-corrected chi connectivity index (χ1v) is 15.2. The van der Waals surface area contributed by atoms with Crippen molar-refractivity contribution in [1.82, 2.24) is 24.6 Å². The van der Waals surface area contributed by atoms with Gasteiger partial charge in [0.25, 0.3) is 0 Å². The molecule has 41 heavy (non-hydrogen) atoms. The van der Waals surface area contributed by atoms with Gasteiger partial charge >= 0.3 is 12.6 Å². The maximum absolute atomic E-state index is 16.2. The Balaban J connectivity index is 1.60. The molecular formula is C25H31FN7O6PS. The van der Waals surface area contributed by atoms with E-state index >= 15 is 4.39 Å². The lowest BCUT2D eigenvalue weighted by Crippen LogP contribution is -2.42. The number of terminal acetylenes is 1. The van der Waals surface area contributed by atoms with Crippen molar-refractivity contribution in [1.29, 1.82) is 0 Å². The molecule has 1 aliphatic rings. The number of halogens is 1. The lowest BCUT2D eigenvalue weighted by atomic mass is 9.97. The van der Waals surface area contributed by atoms with Gasteiger partial charge in [0.2, 0.25) is 11.6 Å². The van der Waals surface area contributed by atoms with E-state index in [1.165, 1.54) is 10.9 Å². The fourth-order valence-corrected chi connectivity index (χ4v) is 6.51. The van der Waals surface area contributed by atoms with Crippen LogP contribution in [0.1, 0.15) is 27.0 Å². The van der Waals surface area contributed by atoms with E-state index in [1.807, 2.05) is 5.92 Å². The number of nitrogens with two attached hydrogens (primary N) is 1. The Hall–Kier alpha value is -3.38. The van der Waals surface area contributed by atoms with E-state index in [9.17, 15) is 9.90 Å². The van der Waals surface area contributed by atoms with Gasteiger partial charge in [0, 0.05) is 7.05 Å². The first-order valence-electron chi connectivity index (χ1n) is 12.6. The summed E-state index contributed by atoms with van der Waals surface area (Å²) in [4.78, 5) is 24.9. The zero-order chi connectivity index (χ0) is 29.9. The summed E-state index contributed by atoms with van der Waals surface area (Å²) >= 11 is 5.69. The van der Waals surface area contributed by atoms with Crippen molar-refractivity contribution in [2.24, 2.45) is 0 Å². The molecule has 0 saturated carbocycles. The van der Waals surface area contributed by atoms with Crippen LogP contribution in [0.5, 0.6) is 5.75 Å². The molecule has 5 N–H and O–H groups in total. The zero-order valence-electron chi connectivity index (χ0n) is 22.7. The molecule has 0 amide bonds. The van der Waals surface area contributed by atoms with Crippen LogP contribution in [0.25, 0.3) is 11.2 Å². The Kier molecular flexibility index (Phi) is 9.13. The second kappa shape index (κ2) is 12.2. The minimum absolute atomic E-state index is 0.0952. The number of aliphatic hydroxyl groups is 1. The van der Waals surface area contributed by atoms with Crippen LogP contribution >= 0.6 is 6.64 Å². The largest absolute Gasteiger partial charge is 0.462 e. The van der Waals surface area contributed by atoms with E-state index in [-0.39, 0.29) is 23.2 Å². The maximum Gasteiger partial charge on any atom is 0.323 e. The molecule has 1 fully saturated rings. The van der Waals surface area contributed by atoms with Gasteiger partial charge in [-0.05, 0) is 44.7 Å². The van der Waals surface area contributed by atoms with Gasteiger partial charge in [0.15, 0.2) is 23.2 Å². The van der Waals surface area contributed by atoms with Gasteiger partial charge in [0.1, 0.15) is 24.0 Å². The number of nitrogens with zero attached hydrogens (tertiary/aromatic N) is 4. The molecule has 0 aliphatic carbocycles. The number of carbonyl (C=O) groups is 1. The van der Waals surface area contributed by atoms with Crippen molar-refractivity contribution in [3.05, 3.63) is 36.7 Å². The van der Waals surface area contributed by atoms with Crippen molar-refractivity contribution in [2.75, 3.05) is 24.7 Å². The molecule has 16 heteroatoms. The van der Waals surface area contributed by atoms with Gasteiger partial charge < -0.3 is 34.7 Å². The monoisotopic (exact) mass is 607 g/mol. The number of anilines is 2. The third-order valence-corrected chi connectivity index (χ3v) is 8.53. The highest BCUT2D eigenvalue weighted by atomic mass is 32.5. The summed E-state index contributed by atoms with van der Waals surface area (Å²) in [5, 5.41) is 16.7. The molecule has 1 aromatic carbocycles. The van der Waals surface area contributed by atoms with Crippen LogP contribution < -0.4 is 20.7 Å². The highest BCUT2D eigenvalue weighted by molar-refractivity contribution is 8.09. The Morgan fingerprint density at radius 1 is 1.37 bits per heavy atom. The number of para-hydroxylation sites is 1. The molecule has 6 atom stereocenters. The minimum atomic E-state index is -3.51. The predicted octanol–water partition coefficient (Wildman–Crippen LogP) is 2.30. The summed E-state index contributed by atoms with van der Waals surface area (Å²) in [5.41, 5.74) is 3.53. The number of carbonyl (C=O) groups excluding carboxylic acids is 1. The van der Waals surface area contributed by atoms with Crippen LogP contribution in [-0.2, 0) is 30.6 Å². The van der Waals surface area contributed by atoms with Gasteiger partial charge in [-0.25, -0.2) is 14.5 Å². The fraction of sp³-hybridized carbons (Fsp3) is 0.440. The number of aliphatic hydroxyl groups excluding tert-OH is 1. The molecule has 2 aromatic heterocycles. The number of rotatable bonds is 11. The van der Waals surface area contributed by atoms with Gasteiger partial charge in [-0.2, -0.15) is 9.97 Å². The number of nitrogen functional groups attached to an aromatic ring is 1. The number of hydrogen-bond donors (Lipinski definition) is 4. The third kappa shape index (κ3) is 6.43. The van der Waals surface area contributed by atoms with E-state index < -0.39 is 49.4 Å². The maximum atomic E-state index is 16.2. The normalized spacial score (nSPS) is 24.5. The third-order valence-electron chi connectivity index (χ3n) is 6.03. The number of fused-ring (bicyclic) bond motifs is 1. The van der Waals surface area contributed by atoms with Crippen molar-refractivity contribution >= 4 is 47.3 Å². The lowest BCUT2D eigenvalue weighted by Gasteiger charge is -2.28. The van der Waals surface area contributed by atoms with Crippen LogP contribution in [-0.4, -0.2) is 74.3 Å². The average molecular weight is 608 g/mol. The molecule has 3 heterocycles. The Morgan fingerprint density at radius 3 is 2.71 bits per heavy atom. The molecule has 0 bridgehead atoms. The van der Waals surface area contributed by atoms with Crippen LogP contribution in [0.3, 0.4) is 0 Å². The van der Waals surface area contributed by atoms with Gasteiger partial charge in [-0.3, -0.25) is 9.36 Å². The highest BCUT2D eigenvalue weighted by Crippen LogP contribution is 2.48. The van der Waals surface area contributed by atoms with E-state index in [0.29, 0.717) is 11.6 Å². The molecule has 0 spiro atoms. The Morgan fingerprint density at radius 2 is 2.07 bits per heavy atom. The number of nitrogens with one attached hydrogen (secondary N) is 2. The molecule has 13 nitrogen and oxygen atoms in total. The lowest BCUT2D eigenvalue weighted by molar-refractivity contribution is -0.149. The second-order valence-electron chi connectivity index (χ2n) is 9.42. The molecule has 1 unspecified atom stereocenters. The molecule has 1 aliphatic heterocycles. The summed E-state index contributed by atoms with van der Waals surface area (Å²) in [6.45, 7) is 1.02. The van der Waals surface area contributed by atoms with Crippen molar-refractivity contribution in [2.45, 2.75) is 57.0 Å². The summed E-state index contributed by atoms with van der Waals surface area (Å²) in [7, 11) is 1.61. The SMILES string of the molecule is C#C[C@@]1(F)[C@H](O)[C@@H](COP(=S)(N[C@@H](C)C(=O)OC(C)C)Oc2ccccc2)O[C@H]1n1cnc2c(NC)nc(N)nc21. The van der Waals surface area contributed by atoms with Crippen LogP contribution in [0.4, 0.5) is 16.2 Å². The second-order valence-corrected chi connectivity index (χ2v) is 12.6. The summed E-state index contributed by atoms with van der Waals surface area (Å²) in [6, 6.07) is 7.65. The topological polar surface area (TPSA) is 168 Å². The van der Waals surface area contributed by atoms with Crippen LogP contribution in [0.15, 0.2) is 36.7 Å². The number of esters is 1. The first-order chi connectivity index (χ1) is 19.4. The van der Waals surface area contributed by atoms with Crippen molar-refractivity contribution < 1.29 is 32.8 Å². The molecule has 220 valence electrons. The zero-order valence-corrected chi connectivity index (χ0v) is 24.4. The van der Waals surface area contributed by atoms with Gasteiger partial charge in [-0.15, -0.1) is 6.42 Å². The van der Waals surface area contributed by atoms with Crippen LogP contribution in [0.2, 0.25) is 0 Å². The summed E-state index contributed by atoms with van der Waals surface area (Å²) < 4.78 is 40.5. The molecule has 3 aromatic rings. The van der Waals surface area contributed by atoms with E-state index in [1.54, 1.807) is 58.2 Å². The number of aromatic nitrogens is 4. The Bertz CT molecular complexity index is 1490. The average Bonchev–Trinajstić information content (AvgIpc) is 3.45. The number of imidazole rings is 1. The van der Waals surface area contributed by atoms with Crippen molar-refractivity contribution in [3.8, 4) is 18.1 Å². The molecule has 4 rings (SSSR count). The number of hydrogen-bond acceptors (Lipinski definition) is 12. The van der Waals surface area contributed by atoms with E-state index in [2.05, 4.69) is 25.4 Å². The van der Waals surface area contributed by atoms with Crippen LogP contribution in [0, 0.1) is 12.3 Å². The first kappa shape index (κ1) is 30.6. The molecule has 1 saturated heterocycles. The summed E-state index contributed by atoms with van der Waals surface area (Å²) in [5.74, 6) is 2.01. The van der Waals surface area contributed by atoms with E-state index in [4.69, 9.17) is 42.5 Å². The number of ether oxygens (including phenoxy) is 2. The van der Waals surface area contributed by atoms with Crippen molar-refractivity contribution in [3.63, 3.8) is 0 Å². The van der Waals surface area contributed by atoms with Gasteiger partial charge in [-0.1, -0.05) is 24.1 Å². The number of alkyl halides is 1. The smallest absolute Gasteiger partial charge is 0.323 e. The standard InChI is InChI=1S/C25H31FN7O6PS/c1-6-25(26)19(34)17(38-23(25)33-13-29-18-20(28-5)30-24(27)31-21(18)33)12-36-40(41,39-16-10-8-7-9-11-16)32-15(4)22(35)37-14(2)3/h1,7-11,13-15,17,19,23,34H,12H2,2-5H3,(H,32,41)(H3,27,28,30,31)/t15-,17+,19+,23+,25+,40?/m0/s1.